The molecular weight excluding hydrogens is 256 g/mol. The molecule has 2 heterocycles. The second-order valence-corrected chi connectivity index (χ2v) is 4.87. The quantitative estimate of drug-likeness (QED) is 0.885. The number of aromatic nitrogens is 3. The summed E-state index contributed by atoms with van der Waals surface area (Å²) >= 11 is 0. The third kappa shape index (κ3) is 2.74. The number of carbonyl (C=O) groups excluding carboxylic acids is 1. The molecule has 0 aliphatic carbocycles. The maximum atomic E-state index is 12.2. The molecule has 1 amide bonds. The summed E-state index contributed by atoms with van der Waals surface area (Å²) in [6, 6.07) is 3.65. The predicted molar refractivity (Wildman–Crippen MR) is 76.7 cm³/mol. The van der Waals surface area contributed by atoms with Gasteiger partial charge < -0.3 is 5.32 Å². The minimum Gasteiger partial charge on any atom is -0.352 e. The van der Waals surface area contributed by atoms with Crippen molar-refractivity contribution < 1.29 is 4.79 Å². The standard InChI is InChI=1S/C14H20N4O2/c1-4-10(3)15-13(19)9-18-14(20)11-7-6-8-17(11)12(5-2)16-18/h6-8,10H,4-5,9H2,1-3H3,(H,15,19). The topological polar surface area (TPSA) is 68.4 Å². The highest BCUT2D eigenvalue weighted by Crippen LogP contribution is 2.02. The van der Waals surface area contributed by atoms with Crippen molar-refractivity contribution in [2.24, 2.45) is 0 Å². The van der Waals surface area contributed by atoms with Gasteiger partial charge >= 0.3 is 0 Å². The van der Waals surface area contributed by atoms with Crippen molar-refractivity contribution in [1.82, 2.24) is 19.5 Å². The zero-order valence-electron chi connectivity index (χ0n) is 12.1. The zero-order valence-corrected chi connectivity index (χ0v) is 12.1. The Morgan fingerprint density at radius 3 is 2.85 bits per heavy atom. The molecule has 0 bridgehead atoms. The highest BCUT2D eigenvalue weighted by Gasteiger charge is 2.12. The van der Waals surface area contributed by atoms with Crippen LogP contribution in [0.25, 0.3) is 5.52 Å². The minimum absolute atomic E-state index is 0.0438. The molecule has 1 unspecified atom stereocenters. The Kier molecular flexibility index (Phi) is 4.22. The van der Waals surface area contributed by atoms with E-state index in [9.17, 15) is 9.59 Å². The third-order valence-electron chi connectivity index (χ3n) is 3.35. The molecule has 0 aliphatic rings. The number of aryl methyl sites for hydroxylation is 1. The zero-order chi connectivity index (χ0) is 14.7. The fourth-order valence-corrected chi connectivity index (χ4v) is 2.05. The molecule has 20 heavy (non-hydrogen) atoms. The van der Waals surface area contributed by atoms with Gasteiger partial charge in [-0.2, -0.15) is 5.10 Å². The van der Waals surface area contributed by atoms with Gasteiger partial charge in [0, 0.05) is 18.7 Å². The second-order valence-electron chi connectivity index (χ2n) is 4.87. The molecular formula is C14H20N4O2. The van der Waals surface area contributed by atoms with Crippen LogP contribution in [0, 0.1) is 0 Å². The van der Waals surface area contributed by atoms with E-state index in [1.165, 1.54) is 4.68 Å². The molecule has 2 aromatic heterocycles. The molecule has 0 spiro atoms. The van der Waals surface area contributed by atoms with Gasteiger partial charge in [0.05, 0.1) is 0 Å². The molecule has 1 N–H and O–H groups in total. The van der Waals surface area contributed by atoms with Crippen molar-refractivity contribution in [2.45, 2.75) is 46.2 Å². The van der Waals surface area contributed by atoms with E-state index in [-0.39, 0.29) is 24.1 Å². The second kappa shape index (κ2) is 5.90. The van der Waals surface area contributed by atoms with Crippen LogP contribution < -0.4 is 10.9 Å². The molecule has 108 valence electrons. The van der Waals surface area contributed by atoms with Crippen LogP contribution in [0.15, 0.2) is 23.1 Å². The summed E-state index contributed by atoms with van der Waals surface area (Å²) in [6.07, 6.45) is 3.36. The van der Waals surface area contributed by atoms with Crippen LogP contribution in [0.2, 0.25) is 0 Å². The first-order valence-corrected chi connectivity index (χ1v) is 6.93. The first-order valence-electron chi connectivity index (χ1n) is 6.93. The minimum atomic E-state index is -0.244. The molecule has 6 nitrogen and oxygen atoms in total. The third-order valence-corrected chi connectivity index (χ3v) is 3.35. The first kappa shape index (κ1) is 14.3. The van der Waals surface area contributed by atoms with Crippen LogP contribution >= 0.6 is 0 Å². The summed E-state index contributed by atoms with van der Waals surface area (Å²) in [5.74, 6) is 0.577. The van der Waals surface area contributed by atoms with Crippen molar-refractivity contribution in [1.29, 1.82) is 0 Å². The summed E-state index contributed by atoms with van der Waals surface area (Å²) in [7, 11) is 0. The molecule has 2 aromatic rings. The van der Waals surface area contributed by atoms with E-state index in [0.717, 1.165) is 12.2 Å². The van der Waals surface area contributed by atoms with Crippen molar-refractivity contribution >= 4 is 11.4 Å². The highest BCUT2D eigenvalue weighted by molar-refractivity contribution is 5.76. The van der Waals surface area contributed by atoms with Gasteiger partial charge in [0.15, 0.2) is 0 Å². The van der Waals surface area contributed by atoms with Crippen molar-refractivity contribution in [3.8, 4) is 0 Å². The van der Waals surface area contributed by atoms with Crippen LogP contribution in [0.4, 0.5) is 0 Å². The van der Waals surface area contributed by atoms with E-state index in [2.05, 4.69) is 10.4 Å². The van der Waals surface area contributed by atoms with Gasteiger partial charge in [-0.25, -0.2) is 4.68 Å². The van der Waals surface area contributed by atoms with E-state index in [1.54, 1.807) is 16.5 Å². The number of hydrogen-bond acceptors (Lipinski definition) is 3. The molecule has 0 saturated carbocycles. The van der Waals surface area contributed by atoms with Crippen LogP contribution in [0.3, 0.4) is 0 Å². The molecule has 1 atom stereocenters. The fourth-order valence-electron chi connectivity index (χ4n) is 2.05. The average molecular weight is 276 g/mol. The number of fused-ring (bicyclic) bond motifs is 1. The summed E-state index contributed by atoms with van der Waals surface area (Å²) in [5.41, 5.74) is 0.305. The van der Waals surface area contributed by atoms with Gasteiger partial charge in [0.2, 0.25) is 5.91 Å². The molecule has 6 heteroatoms. The number of amides is 1. The van der Waals surface area contributed by atoms with Gasteiger partial charge in [-0.05, 0) is 25.5 Å². The monoisotopic (exact) mass is 276 g/mol. The highest BCUT2D eigenvalue weighted by atomic mass is 16.2. The van der Waals surface area contributed by atoms with Gasteiger partial charge in [-0.3, -0.25) is 14.0 Å². The number of hydrogen-bond donors (Lipinski definition) is 1. The summed E-state index contributed by atoms with van der Waals surface area (Å²) in [6.45, 7) is 5.85. The van der Waals surface area contributed by atoms with Crippen LogP contribution in [0.5, 0.6) is 0 Å². The lowest BCUT2D eigenvalue weighted by Crippen LogP contribution is -2.38. The molecule has 0 aliphatic heterocycles. The number of nitrogens with zero attached hydrogens (tertiary/aromatic N) is 3. The van der Waals surface area contributed by atoms with E-state index in [1.807, 2.05) is 27.0 Å². The Morgan fingerprint density at radius 2 is 2.20 bits per heavy atom. The Labute approximate surface area is 117 Å². The Bertz CT molecular complexity index is 671. The first-order chi connectivity index (χ1) is 9.56. The molecule has 0 saturated heterocycles. The lowest BCUT2D eigenvalue weighted by atomic mass is 10.2. The fraction of sp³-hybridized carbons (Fsp3) is 0.500. The van der Waals surface area contributed by atoms with Crippen molar-refractivity contribution in [2.75, 3.05) is 0 Å². The molecule has 0 aromatic carbocycles. The van der Waals surface area contributed by atoms with Crippen molar-refractivity contribution in [3.05, 3.63) is 34.5 Å². The Balaban J connectivity index is 2.32. The van der Waals surface area contributed by atoms with E-state index in [4.69, 9.17) is 0 Å². The summed E-state index contributed by atoms with van der Waals surface area (Å²) in [4.78, 5) is 24.1. The largest absolute Gasteiger partial charge is 0.352 e. The van der Waals surface area contributed by atoms with Crippen molar-refractivity contribution in [3.63, 3.8) is 0 Å². The molecule has 2 rings (SSSR count). The molecule has 0 radical (unpaired) electrons. The van der Waals surface area contributed by atoms with Gasteiger partial charge in [-0.1, -0.05) is 13.8 Å². The Morgan fingerprint density at radius 1 is 1.45 bits per heavy atom. The maximum Gasteiger partial charge on any atom is 0.291 e. The average Bonchev–Trinajstić information content (AvgIpc) is 2.91. The normalized spacial score (nSPS) is 12.6. The lowest BCUT2D eigenvalue weighted by Gasteiger charge is -2.13. The van der Waals surface area contributed by atoms with Crippen LogP contribution in [-0.4, -0.2) is 26.1 Å². The predicted octanol–water partition coefficient (Wildman–Crippen LogP) is 0.973. The van der Waals surface area contributed by atoms with Gasteiger partial charge in [0.25, 0.3) is 5.56 Å². The number of rotatable bonds is 5. The van der Waals surface area contributed by atoms with E-state index >= 15 is 0 Å². The van der Waals surface area contributed by atoms with E-state index in [0.29, 0.717) is 11.9 Å². The van der Waals surface area contributed by atoms with E-state index < -0.39 is 0 Å². The van der Waals surface area contributed by atoms with Crippen LogP contribution in [0.1, 0.15) is 33.0 Å². The SMILES string of the molecule is CCc1nn(CC(=O)NC(C)CC)c(=O)c2cccn12. The maximum absolute atomic E-state index is 12.2. The van der Waals surface area contributed by atoms with Gasteiger partial charge in [-0.15, -0.1) is 0 Å². The lowest BCUT2D eigenvalue weighted by molar-refractivity contribution is -0.122. The van der Waals surface area contributed by atoms with Crippen LogP contribution in [-0.2, 0) is 17.8 Å². The summed E-state index contributed by atoms with van der Waals surface area (Å²) < 4.78 is 3.01. The molecule has 0 fully saturated rings. The smallest absolute Gasteiger partial charge is 0.291 e. The summed E-state index contributed by atoms with van der Waals surface area (Å²) in [5, 5.41) is 7.11. The number of carbonyl (C=O) groups is 1. The Hall–Kier alpha value is -2.11. The van der Waals surface area contributed by atoms with Gasteiger partial charge in [0.1, 0.15) is 17.9 Å². The number of nitrogens with one attached hydrogen (secondary N) is 1.